The van der Waals surface area contributed by atoms with Gasteiger partial charge in [0.2, 0.25) is 0 Å². The van der Waals surface area contributed by atoms with Crippen molar-refractivity contribution in [3.8, 4) is 11.5 Å². The number of carbonyl (C=O) groups is 2. The van der Waals surface area contributed by atoms with Gasteiger partial charge < -0.3 is 15.6 Å². The SMILES string of the molecule is COc1cc(CC=NC(=O)C(N)=O)ccc1O. The molecule has 3 N–H and O–H groups in total. The highest BCUT2D eigenvalue weighted by Crippen LogP contribution is 2.26. The summed E-state index contributed by atoms with van der Waals surface area (Å²) in [6, 6.07) is 4.73. The van der Waals surface area contributed by atoms with Crippen molar-refractivity contribution in [2.75, 3.05) is 7.11 Å². The predicted octanol–water partition coefficient (Wildman–Crippen LogP) is 0.0260. The second-order valence-electron chi connectivity index (χ2n) is 3.19. The Bertz CT molecular complexity index is 469. The van der Waals surface area contributed by atoms with Crippen LogP contribution in [-0.4, -0.2) is 30.2 Å². The number of phenolic OH excluding ortho intramolecular Hbond substituents is 1. The number of rotatable bonds is 3. The molecule has 0 heterocycles. The quantitative estimate of drug-likeness (QED) is 0.570. The number of aliphatic imine (C=N–C) groups is 1. The Labute approximate surface area is 97.7 Å². The van der Waals surface area contributed by atoms with Crippen LogP contribution in [0.5, 0.6) is 11.5 Å². The summed E-state index contributed by atoms with van der Waals surface area (Å²) in [5, 5.41) is 9.35. The van der Waals surface area contributed by atoms with E-state index in [0.29, 0.717) is 12.2 Å². The Kier molecular flexibility index (Phi) is 4.21. The topological polar surface area (TPSA) is 102 Å². The van der Waals surface area contributed by atoms with Crippen LogP contribution in [0, 0.1) is 0 Å². The highest BCUT2D eigenvalue weighted by atomic mass is 16.5. The first-order valence-corrected chi connectivity index (χ1v) is 4.76. The summed E-state index contributed by atoms with van der Waals surface area (Å²) in [6.07, 6.45) is 1.61. The Morgan fingerprint density at radius 3 is 2.82 bits per heavy atom. The van der Waals surface area contributed by atoms with E-state index in [4.69, 9.17) is 10.5 Å². The molecule has 0 fully saturated rings. The summed E-state index contributed by atoms with van der Waals surface area (Å²) < 4.78 is 4.92. The molecular weight excluding hydrogens is 224 g/mol. The zero-order valence-electron chi connectivity index (χ0n) is 9.21. The van der Waals surface area contributed by atoms with E-state index in [0.717, 1.165) is 5.56 Å². The first kappa shape index (κ1) is 12.7. The molecule has 0 bridgehead atoms. The maximum atomic E-state index is 10.8. The fourth-order valence-corrected chi connectivity index (χ4v) is 1.15. The molecule has 0 aliphatic carbocycles. The third-order valence-electron chi connectivity index (χ3n) is 1.99. The number of hydrogen-bond acceptors (Lipinski definition) is 4. The number of amides is 2. The second-order valence-corrected chi connectivity index (χ2v) is 3.19. The highest BCUT2D eigenvalue weighted by molar-refractivity contribution is 6.35. The van der Waals surface area contributed by atoms with Gasteiger partial charge in [0.15, 0.2) is 11.5 Å². The minimum atomic E-state index is -1.09. The van der Waals surface area contributed by atoms with E-state index in [1.54, 1.807) is 12.1 Å². The van der Waals surface area contributed by atoms with Crippen LogP contribution >= 0.6 is 0 Å². The van der Waals surface area contributed by atoms with Gasteiger partial charge in [-0.15, -0.1) is 0 Å². The van der Waals surface area contributed by atoms with Gasteiger partial charge in [0.1, 0.15) is 0 Å². The average Bonchev–Trinajstić information content (AvgIpc) is 2.31. The number of hydrogen-bond donors (Lipinski definition) is 2. The van der Waals surface area contributed by atoms with E-state index in [1.807, 2.05) is 0 Å². The van der Waals surface area contributed by atoms with E-state index in [9.17, 15) is 14.7 Å². The minimum absolute atomic E-state index is 0.0291. The van der Waals surface area contributed by atoms with Crippen LogP contribution < -0.4 is 10.5 Å². The second kappa shape index (κ2) is 5.64. The van der Waals surface area contributed by atoms with Crippen molar-refractivity contribution in [1.82, 2.24) is 0 Å². The summed E-state index contributed by atoms with van der Waals surface area (Å²) in [5.41, 5.74) is 5.50. The number of nitrogens with zero attached hydrogens (tertiary/aromatic N) is 1. The number of ether oxygens (including phenoxy) is 1. The summed E-state index contributed by atoms with van der Waals surface area (Å²) in [5.74, 6) is -1.72. The summed E-state index contributed by atoms with van der Waals surface area (Å²) in [4.78, 5) is 24.5. The van der Waals surface area contributed by atoms with Crippen LogP contribution in [0.25, 0.3) is 0 Å². The normalized spacial score (nSPS) is 10.4. The molecule has 0 spiro atoms. The lowest BCUT2D eigenvalue weighted by Crippen LogP contribution is -2.21. The molecule has 17 heavy (non-hydrogen) atoms. The maximum absolute atomic E-state index is 10.8. The molecule has 0 aliphatic rings. The fraction of sp³-hybridized carbons (Fsp3) is 0.182. The van der Waals surface area contributed by atoms with Crippen molar-refractivity contribution in [2.24, 2.45) is 10.7 Å². The molecule has 1 aromatic rings. The monoisotopic (exact) mass is 236 g/mol. The van der Waals surface area contributed by atoms with Crippen LogP contribution in [0.3, 0.4) is 0 Å². The van der Waals surface area contributed by atoms with Gasteiger partial charge in [0.05, 0.1) is 7.11 Å². The lowest BCUT2D eigenvalue weighted by molar-refractivity contribution is -0.135. The standard InChI is InChI=1S/C11H12N2O4/c1-17-9-6-7(2-3-8(9)14)4-5-13-11(16)10(12)15/h2-3,5-6,14H,4H2,1H3,(H2,12,15). The van der Waals surface area contributed by atoms with Gasteiger partial charge in [-0.3, -0.25) is 9.59 Å². The molecule has 0 unspecified atom stereocenters. The van der Waals surface area contributed by atoms with Crippen LogP contribution in [0.1, 0.15) is 5.56 Å². The van der Waals surface area contributed by atoms with Crippen molar-refractivity contribution in [1.29, 1.82) is 0 Å². The average molecular weight is 236 g/mol. The van der Waals surface area contributed by atoms with Gasteiger partial charge in [0.25, 0.3) is 0 Å². The number of primary amides is 1. The Balaban J connectivity index is 2.70. The van der Waals surface area contributed by atoms with Crippen molar-refractivity contribution in [2.45, 2.75) is 6.42 Å². The first-order valence-electron chi connectivity index (χ1n) is 4.76. The number of benzene rings is 1. The molecule has 2 amide bonds. The lowest BCUT2D eigenvalue weighted by atomic mass is 10.1. The third-order valence-corrected chi connectivity index (χ3v) is 1.99. The molecule has 0 saturated carbocycles. The summed E-state index contributed by atoms with van der Waals surface area (Å²) in [7, 11) is 1.43. The molecule has 6 heteroatoms. The molecule has 0 aliphatic heterocycles. The van der Waals surface area contributed by atoms with Crippen molar-refractivity contribution in [3.05, 3.63) is 23.8 Å². The molecule has 1 rings (SSSR count). The zero-order valence-corrected chi connectivity index (χ0v) is 9.21. The number of aromatic hydroxyl groups is 1. The highest BCUT2D eigenvalue weighted by Gasteiger charge is 2.05. The number of methoxy groups -OCH3 is 1. The predicted molar refractivity (Wildman–Crippen MR) is 61.1 cm³/mol. The van der Waals surface area contributed by atoms with Crippen molar-refractivity contribution in [3.63, 3.8) is 0 Å². The third kappa shape index (κ3) is 3.60. The fourth-order valence-electron chi connectivity index (χ4n) is 1.15. The van der Waals surface area contributed by atoms with Crippen LogP contribution in [0.15, 0.2) is 23.2 Å². The van der Waals surface area contributed by atoms with Gasteiger partial charge in [-0.2, -0.15) is 0 Å². The van der Waals surface area contributed by atoms with E-state index in [1.165, 1.54) is 19.4 Å². The van der Waals surface area contributed by atoms with E-state index in [-0.39, 0.29) is 5.75 Å². The molecule has 90 valence electrons. The Hall–Kier alpha value is -2.37. The first-order chi connectivity index (χ1) is 8.04. The smallest absolute Gasteiger partial charge is 0.334 e. The van der Waals surface area contributed by atoms with Crippen molar-refractivity contribution >= 4 is 18.0 Å². The van der Waals surface area contributed by atoms with Crippen LogP contribution in [0.4, 0.5) is 0 Å². The maximum Gasteiger partial charge on any atom is 0.334 e. The van der Waals surface area contributed by atoms with E-state index in [2.05, 4.69) is 4.99 Å². The molecule has 0 radical (unpaired) electrons. The lowest BCUT2D eigenvalue weighted by Gasteiger charge is -2.04. The Morgan fingerprint density at radius 1 is 1.53 bits per heavy atom. The number of nitrogens with two attached hydrogens (primary N) is 1. The van der Waals surface area contributed by atoms with Crippen LogP contribution in [-0.2, 0) is 16.0 Å². The molecule has 1 aromatic carbocycles. The molecule has 0 atom stereocenters. The van der Waals surface area contributed by atoms with Crippen molar-refractivity contribution < 1.29 is 19.4 Å². The van der Waals surface area contributed by atoms with Gasteiger partial charge >= 0.3 is 11.8 Å². The van der Waals surface area contributed by atoms with Gasteiger partial charge in [-0.1, -0.05) is 6.07 Å². The molecular formula is C11H12N2O4. The van der Waals surface area contributed by atoms with Crippen LogP contribution in [0.2, 0.25) is 0 Å². The van der Waals surface area contributed by atoms with E-state index >= 15 is 0 Å². The Morgan fingerprint density at radius 2 is 2.24 bits per heavy atom. The minimum Gasteiger partial charge on any atom is -0.504 e. The molecule has 6 nitrogen and oxygen atoms in total. The van der Waals surface area contributed by atoms with Gasteiger partial charge in [0, 0.05) is 12.6 Å². The largest absolute Gasteiger partial charge is 0.504 e. The number of carbonyl (C=O) groups excluding carboxylic acids is 2. The number of phenols is 1. The van der Waals surface area contributed by atoms with Gasteiger partial charge in [-0.05, 0) is 17.7 Å². The summed E-state index contributed by atoms with van der Waals surface area (Å²) >= 11 is 0. The van der Waals surface area contributed by atoms with E-state index < -0.39 is 11.8 Å². The zero-order chi connectivity index (χ0) is 12.8. The molecule has 0 saturated heterocycles. The van der Waals surface area contributed by atoms with Gasteiger partial charge in [-0.25, -0.2) is 4.99 Å². The summed E-state index contributed by atoms with van der Waals surface area (Å²) in [6.45, 7) is 0. The molecule has 0 aromatic heterocycles.